The summed E-state index contributed by atoms with van der Waals surface area (Å²) in [5.41, 5.74) is 2.50. The Kier molecular flexibility index (Phi) is 5.46. The molecule has 0 saturated heterocycles. The van der Waals surface area contributed by atoms with Gasteiger partial charge in [-0.05, 0) is 64.1 Å². The molecule has 20 heavy (non-hydrogen) atoms. The quantitative estimate of drug-likeness (QED) is 0.848. The zero-order chi connectivity index (χ0) is 14.5. The van der Waals surface area contributed by atoms with Crippen LogP contribution in [0.2, 0.25) is 0 Å². The summed E-state index contributed by atoms with van der Waals surface area (Å²) in [4.78, 5) is 0. The first kappa shape index (κ1) is 15.4. The van der Waals surface area contributed by atoms with Gasteiger partial charge in [0.15, 0.2) is 11.5 Å². The van der Waals surface area contributed by atoms with Crippen molar-refractivity contribution in [3.63, 3.8) is 0 Å². The summed E-state index contributed by atoms with van der Waals surface area (Å²) >= 11 is 5.22. The molecule has 0 spiro atoms. The fourth-order valence-corrected chi connectivity index (χ4v) is 3.37. The molecule has 0 radical (unpaired) electrons. The fraction of sp³-hybridized carbons (Fsp3) is 0.333. The Hall–Kier alpha value is -1.04. The van der Waals surface area contributed by atoms with E-state index in [1.54, 1.807) is 25.6 Å². The van der Waals surface area contributed by atoms with E-state index in [1.807, 2.05) is 19.2 Å². The molecule has 1 aromatic carbocycles. The molecule has 2 rings (SSSR count). The summed E-state index contributed by atoms with van der Waals surface area (Å²) in [6, 6.07) is 8.50. The Labute approximate surface area is 132 Å². The number of hydrogen-bond donors (Lipinski definition) is 1. The molecular formula is C15H18BrNO2S. The van der Waals surface area contributed by atoms with Gasteiger partial charge in [-0.1, -0.05) is 6.07 Å². The SMILES string of the molecule is CNC(Cc1ccc(OC)c(OC)c1)c1csc(Br)c1. The molecule has 0 aliphatic carbocycles. The number of likely N-dealkylation sites (N-methyl/N-ethyl adjacent to an activating group) is 1. The van der Waals surface area contributed by atoms with Crippen LogP contribution in [0.4, 0.5) is 0 Å². The number of benzene rings is 1. The summed E-state index contributed by atoms with van der Waals surface area (Å²) in [5, 5.41) is 5.53. The van der Waals surface area contributed by atoms with Gasteiger partial charge in [-0.15, -0.1) is 11.3 Å². The van der Waals surface area contributed by atoms with Crippen LogP contribution >= 0.6 is 27.3 Å². The number of ether oxygens (including phenoxy) is 2. The molecule has 5 heteroatoms. The van der Waals surface area contributed by atoms with Crippen LogP contribution in [0.5, 0.6) is 11.5 Å². The molecule has 0 saturated carbocycles. The van der Waals surface area contributed by atoms with Crippen molar-refractivity contribution in [2.24, 2.45) is 0 Å². The summed E-state index contributed by atoms with van der Waals surface area (Å²) < 4.78 is 11.8. The van der Waals surface area contributed by atoms with E-state index in [2.05, 4.69) is 38.8 Å². The van der Waals surface area contributed by atoms with Gasteiger partial charge in [-0.2, -0.15) is 0 Å². The average molecular weight is 356 g/mol. The molecule has 0 aliphatic rings. The van der Waals surface area contributed by atoms with Crippen molar-refractivity contribution in [2.75, 3.05) is 21.3 Å². The second-order valence-corrected chi connectivity index (χ2v) is 6.71. The molecule has 0 aliphatic heterocycles. The zero-order valence-corrected chi connectivity index (χ0v) is 14.2. The largest absolute Gasteiger partial charge is 0.493 e. The van der Waals surface area contributed by atoms with Gasteiger partial charge < -0.3 is 14.8 Å². The highest BCUT2D eigenvalue weighted by Gasteiger charge is 2.13. The molecule has 1 N–H and O–H groups in total. The second-order valence-electron chi connectivity index (χ2n) is 4.42. The maximum atomic E-state index is 5.35. The van der Waals surface area contributed by atoms with Crippen molar-refractivity contribution in [1.29, 1.82) is 0 Å². The van der Waals surface area contributed by atoms with Gasteiger partial charge in [-0.3, -0.25) is 0 Å². The van der Waals surface area contributed by atoms with E-state index < -0.39 is 0 Å². The zero-order valence-electron chi connectivity index (χ0n) is 11.8. The van der Waals surface area contributed by atoms with Crippen LogP contribution < -0.4 is 14.8 Å². The Morgan fingerprint density at radius 1 is 1.20 bits per heavy atom. The summed E-state index contributed by atoms with van der Waals surface area (Å²) in [6.45, 7) is 0. The number of rotatable bonds is 6. The first-order chi connectivity index (χ1) is 9.67. The molecule has 108 valence electrons. The smallest absolute Gasteiger partial charge is 0.160 e. The second kappa shape index (κ2) is 7.11. The van der Waals surface area contributed by atoms with E-state index in [-0.39, 0.29) is 6.04 Å². The predicted molar refractivity (Wildman–Crippen MR) is 87.1 cm³/mol. The van der Waals surface area contributed by atoms with Crippen molar-refractivity contribution < 1.29 is 9.47 Å². The highest BCUT2D eigenvalue weighted by atomic mass is 79.9. The fourth-order valence-electron chi connectivity index (χ4n) is 2.14. The Bertz CT molecular complexity index is 571. The topological polar surface area (TPSA) is 30.5 Å². The lowest BCUT2D eigenvalue weighted by atomic mass is 10.0. The van der Waals surface area contributed by atoms with Crippen LogP contribution in [0.3, 0.4) is 0 Å². The molecule has 0 fully saturated rings. The molecule has 1 aromatic heterocycles. The monoisotopic (exact) mass is 355 g/mol. The number of halogens is 1. The number of nitrogens with one attached hydrogen (secondary N) is 1. The molecule has 1 heterocycles. The molecule has 3 nitrogen and oxygen atoms in total. The highest BCUT2D eigenvalue weighted by Crippen LogP contribution is 2.31. The van der Waals surface area contributed by atoms with E-state index in [4.69, 9.17) is 9.47 Å². The van der Waals surface area contributed by atoms with Crippen LogP contribution in [0, 0.1) is 0 Å². The lowest BCUT2D eigenvalue weighted by Crippen LogP contribution is -2.18. The Morgan fingerprint density at radius 3 is 2.50 bits per heavy atom. The maximum Gasteiger partial charge on any atom is 0.160 e. The van der Waals surface area contributed by atoms with Crippen molar-refractivity contribution in [1.82, 2.24) is 5.32 Å². The van der Waals surface area contributed by atoms with Gasteiger partial charge in [0, 0.05) is 6.04 Å². The minimum atomic E-state index is 0.288. The van der Waals surface area contributed by atoms with E-state index in [0.717, 1.165) is 21.7 Å². The predicted octanol–water partition coefficient (Wildman–Crippen LogP) is 4.03. The van der Waals surface area contributed by atoms with E-state index in [9.17, 15) is 0 Å². The lowest BCUT2D eigenvalue weighted by molar-refractivity contribution is 0.354. The van der Waals surface area contributed by atoms with E-state index in [0.29, 0.717) is 0 Å². The summed E-state index contributed by atoms with van der Waals surface area (Å²) in [6.07, 6.45) is 0.903. The van der Waals surface area contributed by atoms with Crippen LogP contribution in [0.15, 0.2) is 33.4 Å². The van der Waals surface area contributed by atoms with E-state index in [1.165, 1.54) is 11.1 Å². The van der Waals surface area contributed by atoms with Crippen LogP contribution in [-0.4, -0.2) is 21.3 Å². The first-order valence-electron chi connectivity index (χ1n) is 6.30. The number of thiophene rings is 1. The van der Waals surface area contributed by atoms with Gasteiger partial charge in [0.2, 0.25) is 0 Å². The summed E-state index contributed by atoms with van der Waals surface area (Å²) in [7, 11) is 5.29. The Balaban J connectivity index is 2.19. The van der Waals surface area contributed by atoms with Crippen molar-refractivity contribution >= 4 is 27.3 Å². The minimum Gasteiger partial charge on any atom is -0.493 e. The van der Waals surface area contributed by atoms with Crippen molar-refractivity contribution in [3.8, 4) is 11.5 Å². The third-order valence-corrected chi connectivity index (χ3v) is 4.75. The standard InChI is InChI=1S/C15H18BrNO2S/c1-17-12(11-8-15(16)20-9-11)6-10-4-5-13(18-2)14(7-10)19-3/h4-5,7-9,12,17H,6H2,1-3H3. The average Bonchev–Trinajstić information content (AvgIpc) is 2.90. The molecule has 0 bridgehead atoms. The van der Waals surface area contributed by atoms with Gasteiger partial charge in [0.25, 0.3) is 0 Å². The molecule has 1 unspecified atom stereocenters. The van der Waals surface area contributed by atoms with Gasteiger partial charge in [-0.25, -0.2) is 0 Å². The molecule has 2 aromatic rings. The Morgan fingerprint density at radius 2 is 1.95 bits per heavy atom. The molecule has 1 atom stereocenters. The molecule has 0 amide bonds. The minimum absolute atomic E-state index is 0.288. The molecular weight excluding hydrogens is 338 g/mol. The van der Waals surface area contributed by atoms with Crippen LogP contribution in [0.25, 0.3) is 0 Å². The van der Waals surface area contributed by atoms with Gasteiger partial charge in [0.1, 0.15) is 0 Å². The van der Waals surface area contributed by atoms with Gasteiger partial charge >= 0.3 is 0 Å². The van der Waals surface area contributed by atoms with Crippen LogP contribution in [0.1, 0.15) is 17.2 Å². The van der Waals surface area contributed by atoms with Crippen LogP contribution in [-0.2, 0) is 6.42 Å². The summed E-state index contributed by atoms with van der Waals surface area (Å²) in [5.74, 6) is 1.53. The van der Waals surface area contributed by atoms with Crippen molar-refractivity contribution in [2.45, 2.75) is 12.5 Å². The number of hydrogen-bond acceptors (Lipinski definition) is 4. The van der Waals surface area contributed by atoms with Gasteiger partial charge in [0.05, 0.1) is 18.0 Å². The van der Waals surface area contributed by atoms with Crippen molar-refractivity contribution in [3.05, 3.63) is 44.6 Å². The normalized spacial score (nSPS) is 12.2. The van der Waals surface area contributed by atoms with E-state index >= 15 is 0 Å². The lowest BCUT2D eigenvalue weighted by Gasteiger charge is -2.16. The first-order valence-corrected chi connectivity index (χ1v) is 7.97. The third-order valence-electron chi connectivity index (χ3n) is 3.23. The maximum absolute atomic E-state index is 5.35. The highest BCUT2D eigenvalue weighted by molar-refractivity contribution is 9.11. The number of methoxy groups -OCH3 is 2. The third kappa shape index (κ3) is 3.53.